The van der Waals surface area contributed by atoms with Gasteiger partial charge in [-0.15, -0.1) is 12.4 Å². The van der Waals surface area contributed by atoms with Crippen molar-refractivity contribution in [2.75, 3.05) is 7.05 Å². The first kappa shape index (κ1) is 21.3. The number of pyridine rings is 1. The number of halogens is 4. The number of fused-ring (bicyclic) bond motifs is 1. The molecule has 0 saturated carbocycles. The van der Waals surface area contributed by atoms with E-state index in [-0.39, 0.29) is 40.7 Å². The van der Waals surface area contributed by atoms with E-state index in [2.05, 4.69) is 20.5 Å². The fraction of sp³-hybridized carbons (Fsp3) is 0.0952. The van der Waals surface area contributed by atoms with Crippen LogP contribution in [-0.4, -0.2) is 28.1 Å². The number of carbonyl (C=O) groups is 1. The van der Waals surface area contributed by atoms with Crippen LogP contribution >= 0.6 is 12.4 Å². The molecule has 0 bridgehead atoms. The van der Waals surface area contributed by atoms with Gasteiger partial charge in [-0.3, -0.25) is 9.89 Å². The molecule has 0 aliphatic heterocycles. The molecule has 0 aliphatic rings. The number of nitrogens with one attached hydrogen (secondary N) is 2. The van der Waals surface area contributed by atoms with Crippen molar-refractivity contribution in [3.05, 3.63) is 71.8 Å². The minimum absolute atomic E-state index is 0. The van der Waals surface area contributed by atoms with E-state index in [0.29, 0.717) is 16.7 Å². The largest absolute Gasteiger partial charge is 0.417 e. The van der Waals surface area contributed by atoms with Crippen molar-refractivity contribution in [3.63, 3.8) is 0 Å². The zero-order valence-corrected chi connectivity index (χ0v) is 16.4. The maximum Gasteiger partial charge on any atom is 0.417 e. The van der Waals surface area contributed by atoms with Crippen molar-refractivity contribution < 1.29 is 18.0 Å². The Bertz CT molecular complexity index is 1210. The van der Waals surface area contributed by atoms with Gasteiger partial charge in [0.1, 0.15) is 5.69 Å². The minimum atomic E-state index is -4.61. The molecule has 5 nitrogen and oxygen atoms in total. The van der Waals surface area contributed by atoms with Crippen molar-refractivity contribution in [1.29, 1.82) is 0 Å². The molecule has 0 aliphatic carbocycles. The normalized spacial score (nSPS) is 11.2. The van der Waals surface area contributed by atoms with Crippen LogP contribution in [0.4, 0.5) is 13.2 Å². The van der Waals surface area contributed by atoms with E-state index in [1.807, 2.05) is 0 Å². The summed E-state index contributed by atoms with van der Waals surface area (Å²) in [7, 11) is 1.48. The summed E-state index contributed by atoms with van der Waals surface area (Å²) in [5, 5.41) is 9.10. The lowest BCUT2D eigenvalue weighted by atomic mass is 10.0. The van der Waals surface area contributed by atoms with Crippen LogP contribution < -0.4 is 5.32 Å². The third kappa shape index (κ3) is 3.86. The number of hydrogen-bond acceptors (Lipinski definition) is 3. The third-order valence-corrected chi connectivity index (χ3v) is 4.53. The average molecular weight is 433 g/mol. The molecule has 9 heteroatoms. The summed E-state index contributed by atoms with van der Waals surface area (Å²) in [5.74, 6) is -0.336. The second-order valence-corrected chi connectivity index (χ2v) is 6.37. The topological polar surface area (TPSA) is 70.7 Å². The van der Waals surface area contributed by atoms with Crippen LogP contribution in [0.2, 0.25) is 0 Å². The van der Waals surface area contributed by atoms with E-state index >= 15 is 0 Å². The number of alkyl halides is 3. The Morgan fingerprint density at radius 3 is 2.37 bits per heavy atom. The highest BCUT2D eigenvalue weighted by molar-refractivity contribution is 5.97. The number of aromatic nitrogens is 3. The monoisotopic (exact) mass is 432 g/mol. The van der Waals surface area contributed by atoms with E-state index in [1.54, 1.807) is 48.5 Å². The second kappa shape index (κ2) is 8.16. The van der Waals surface area contributed by atoms with Crippen LogP contribution in [-0.2, 0) is 6.18 Å². The maximum atomic E-state index is 13.9. The molecular formula is C21H16ClF3N4O. The Balaban J connectivity index is 0.00000256. The predicted octanol–water partition coefficient (Wildman–Crippen LogP) is 5.09. The summed E-state index contributed by atoms with van der Waals surface area (Å²) in [5.41, 5.74) is 0.754. The molecule has 0 fully saturated rings. The number of carbonyl (C=O) groups excluding carboxylic acids is 1. The highest BCUT2D eigenvalue weighted by Crippen LogP contribution is 2.40. The van der Waals surface area contributed by atoms with Crippen LogP contribution in [0.25, 0.3) is 33.5 Å². The standard InChI is InChI=1S/C21H15F3N4O.ClH/c1-25-20(29)14-9-5-8-13(10-14)16-11-15(21(22,23)24)17-18(27-28-19(17)26-16)12-6-3-2-4-7-12;/h2-11H,1H3,(H,25,29)(H,26,27,28);1H. The van der Waals surface area contributed by atoms with E-state index < -0.39 is 11.7 Å². The molecule has 2 N–H and O–H groups in total. The molecule has 2 aromatic carbocycles. The number of amides is 1. The van der Waals surface area contributed by atoms with Crippen molar-refractivity contribution in [2.45, 2.75) is 6.18 Å². The fourth-order valence-corrected chi connectivity index (χ4v) is 3.17. The summed E-state index contributed by atoms with van der Waals surface area (Å²) < 4.78 is 41.7. The summed E-state index contributed by atoms with van der Waals surface area (Å²) in [6.45, 7) is 0. The summed E-state index contributed by atoms with van der Waals surface area (Å²) >= 11 is 0. The lowest BCUT2D eigenvalue weighted by Crippen LogP contribution is -2.17. The predicted molar refractivity (Wildman–Crippen MR) is 110 cm³/mol. The molecule has 4 rings (SSSR count). The molecule has 1 amide bonds. The van der Waals surface area contributed by atoms with Gasteiger partial charge in [0.2, 0.25) is 0 Å². The van der Waals surface area contributed by atoms with Gasteiger partial charge in [-0.05, 0) is 18.2 Å². The number of hydrogen-bond donors (Lipinski definition) is 2. The summed E-state index contributed by atoms with van der Waals surface area (Å²) in [6, 6.07) is 15.9. The van der Waals surface area contributed by atoms with Crippen molar-refractivity contribution in [1.82, 2.24) is 20.5 Å². The first-order chi connectivity index (χ1) is 13.9. The molecule has 30 heavy (non-hydrogen) atoms. The average Bonchev–Trinajstić information content (AvgIpc) is 3.16. The van der Waals surface area contributed by atoms with Crippen molar-refractivity contribution >= 4 is 29.3 Å². The van der Waals surface area contributed by atoms with Crippen LogP contribution in [0, 0.1) is 0 Å². The number of benzene rings is 2. The Labute approximate surface area is 175 Å². The zero-order valence-electron chi connectivity index (χ0n) is 15.6. The van der Waals surface area contributed by atoms with Crippen molar-refractivity contribution in [2.24, 2.45) is 0 Å². The number of aromatic amines is 1. The fourth-order valence-electron chi connectivity index (χ4n) is 3.17. The lowest BCUT2D eigenvalue weighted by molar-refractivity contribution is -0.136. The van der Waals surface area contributed by atoms with Gasteiger partial charge in [-0.2, -0.15) is 18.3 Å². The zero-order chi connectivity index (χ0) is 20.6. The van der Waals surface area contributed by atoms with Crippen LogP contribution in [0.15, 0.2) is 60.7 Å². The molecule has 0 atom stereocenters. The smallest absolute Gasteiger partial charge is 0.355 e. The number of rotatable bonds is 3. The molecule has 2 aromatic heterocycles. The van der Waals surface area contributed by atoms with Gasteiger partial charge in [0.15, 0.2) is 5.65 Å². The van der Waals surface area contributed by atoms with E-state index in [1.165, 1.54) is 13.1 Å². The Hall–Kier alpha value is -3.39. The molecule has 0 unspecified atom stereocenters. The van der Waals surface area contributed by atoms with E-state index in [9.17, 15) is 18.0 Å². The minimum Gasteiger partial charge on any atom is -0.355 e. The molecule has 2 heterocycles. The molecule has 154 valence electrons. The highest BCUT2D eigenvalue weighted by atomic mass is 35.5. The van der Waals surface area contributed by atoms with Gasteiger partial charge in [0.05, 0.1) is 16.6 Å². The quantitative estimate of drug-likeness (QED) is 0.473. The van der Waals surface area contributed by atoms with Gasteiger partial charge in [-0.25, -0.2) is 4.98 Å². The molecule has 4 aromatic rings. The second-order valence-electron chi connectivity index (χ2n) is 6.37. The van der Waals surface area contributed by atoms with Crippen LogP contribution in [0.5, 0.6) is 0 Å². The van der Waals surface area contributed by atoms with Gasteiger partial charge in [0.25, 0.3) is 5.91 Å². The van der Waals surface area contributed by atoms with Gasteiger partial charge in [0, 0.05) is 23.7 Å². The molecule has 0 radical (unpaired) electrons. The van der Waals surface area contributed by atoms with Gasteiger partial charge in [-0.1, -0.05) is 42.5 Å². The third-order valence-electron chi connectivity index (χ3n) is 4.53. The summed E-state index contributed by atoms with van der Waals surface area (Å²) in [6.07, 6.45) is -4.61. The van der Waals surface area contributed by atoms with Gasteiger partial charge < -0.3 is 5.32 Å². The maximum absolute atomic E-state index is 13.9. The highest BCUT2D eigenvalue weighted by Gasteiger charge is 2.35. The first-order valence-corrected chi connectivity index (χ1v) is 8.72. The first-order valence-electron chi connectivity index (χ1n) is 8.72. The Morgan fingerprint density at radius 2 is 1.70 bits per heavy atom. The van der Waals surface area contributed by atoms with E-state index in [0.717, 1.165) is 6.07 Å². The molecule has 0 spiro atoms. The molecule has 0 saturated heterocycles. The number of nitrogens with zero attached hydrogens (tertiary/aromatic N) is 2. The summed E-state index contributed by atoms with van der Waals surface area (Å²) in [4.78, 5) is 16.2. The Kier molecular flexibility index (Phi) is 5.80. The van der Waals surface area contributed by atoms with Crippen molar-refractivity contribution in [3.8, 4) is 22.5 Å². The molecular weight excluding hydrogens is 417 g/mol. The van der Waals surface area contributed by atoms with Crippen LogP contribution in [0.1, 0.15) is 15.9 Å². The van der Waals surface area contributed by atoms with E-state index in [4.69, 9.17) is 0 Å². The van der Waals surface area contributed by atoms with Gasteiger partial charge >= 0.3 is 6.18 Å². The number of H-pyrrole nitrogens is 1. The Morgan fingerprint density at radius 1 is 1.00 bits per heavy atom. The SMILES string of the molecule is CNC(=O)c1cccc(-c2cc(C(F)(F)F)c3c(-c4ccccc4)n[nH]c3n2)c1.Cl. The lowest BCUT2D eigenvalue weighted by Gasteiger charge is -2.12. The van der Waals surface area contributed by atoms with Crippen LogP contribution in [0.3, 0.4) is 0 Å².